The first kappa shape index (κ1) is 22.3. The second-order valence-electron chi connectivity index (χ2n) is 8.75. The van der Waals surface area contributed by atoms with Gasteiger partial charge in [-0.15, -0.1) is 11.3 Å². The Bertz CT molecular complexity index is 1070. The summed E-state index contributed by atoms with van der Waals surface area (Å²) in [5.41, 5.74) is 3.52. The fraction of sp³-hybridized carbons (Fsp3) is 0.423. The number of amides is 1. The SMILES string of the molecule is Cc1ccc(C(=O)C=C(Nc2sc3c(c2C#N)CCCC3)C(=O)NC2CCCCC2)cc1. The van der Waals surface area contributed by atoms with Crippen LogP contribution in [0.1, 0.15) is 76.9 Å². The van der Waals surface area contributed by atoms with Crippen molar-refractivity contribution in [3.8, 4) is 6.07 Å². The van der Waals surface area contributed by atoms with Gasteiger partial charge in [0.15, 0.2) is 5.78 Å². The maximum absolute atomic E-state index is 13.2. The van der Waals surface area contributed by atoms with Crippen molar-refractivity contribution in [3.05, 3.63) is 63.2 Å². The maximum Gasteiger partial charge on any atom is 0.268 e. The van der Waals surface area contributed by atoms with Crippen molar-refractivity contribution in [1.29, 1.82) is 5.26 Å². The van der Waals surface area contributed by atoms with Gasteiger partial charge in [-0.2, -0.15) is 5.26 Å². The predicted octanol–water partition coefficient (Wildman–Crippen LogP) is 5.43. The number of nitriles is 1. The van der Waals surface area contributed by atoms with E-state index in [1.165, 1.54) is 28.7 Å². The van der Waals surface area contributed by atoms with Crippen LogP contribution in [0.15, 0.2) is 36.0 Å². The topological polar surface area (TPSA) is 82.0 Å². The summed E-state index contributed by atoms with van der Waals surface area (Å²) < 4.78 is 0. The summed E-state index contributed by atoms with van der Waals surface area (Å²) in [6, 6.07) is 9.77. The zero-order chi connectivity index (χ0) is 22.5. The molecular weight excluding hydrogens is 418 g/mol. The zero-order valence-corrected chi connectivity index (χ0v) is 19.3. The minimum Gasteiger partial charge on any atom is -0.348 e. The Kier molecular flexibility index (Phi) is 7.06. The number of carbonyl (C=O) groups is 2. The minimum atomic E-state index is -0.285. The van der Waals surface area contributed by atoms with E-state index in [4.69, 9.17) is 0 Å². The Hall–Kier alpha value is -2.91. The van der Waals surface area contributed by atoms with Gasteiger partial charge < -0.3 is 10.6 Å². The van der Waals surface area contributed by atoms with Crippen molar-refractivity contribution >= 4 is 28.0 Å². The summed E-state index contributed by atoms with van der Waals surface area (Å²) in [5, 5.41) is 16.7. The number of anilines is 1. The van der Waals surface area contributed by atoms with Crippen LogP contribution in [-0.2, 0) is 17.6 Å². The number of ketones is 1. The highest BCUT2D eigenvalue weighted by molar-refractivity contribution is 7.16. The number of fused-ring (bicyclic) bond motifs is 1. The Labute approximate surface area is 193 Å². The summed E-state index contributed by atoms with van der Waals surface area (Å²) in [6.45, 7) is 1.97. The van der Waals surface area contributed by atoms with Crippen molar-refractivity contribution in [2.45, 2.75) is 70.8 Å². The first-order valence-electron chi connectivity index (χ1n) is 11.5. The smallest absolute Gasteiger partial charge is 0.268 e. The molecule has 2 aliphatic rings. The number of thiophene rings is 1. The maximum atomic E-state index is 13.2. The second kappa shape index (κ2) is 10.1. The van der Waals surface area contributed by atoms with Crippen LogP contribution in [0.5, 0.6) is 0 Å². The lowest BCUT2D eigenvalue weighted by molar-refractivity contribution is -0.118. The number of allylic oxidation sites excluding steroid dienone is 1. The third-order valence-corrected chi connectivity index (χ3v) is 7.54. The second-order valence-corrected chi connectivity index (χ2v) is 9.85. The molecule has 1 aromatic carbocycles. The van der Waals surface area contributed by atoms with Gasteiger partial charge in [0.1, 0.15) is 16.8 Å². The lowest BCUT2D eigenvalue weighted by atomic mass is 9.95. The van der Waals surface area contributed by atoms with Crippen LogP contribution in [0, 0.1) is 18.3 Å². The summed E-state index contributed by atoms with van der Waals surface area (Å²) in [4.78, 5) is 27.4. The van der Waals surface area contributed by atoms with E-state index >= 15 is 0 Å². The number of carbonyl (C=O) groups excluding carboxylic acids is 2. The van der Waals surface area contributed by atoms with Gasteiger partial charge >= 0.3 is 0 Å². The molecule has 6 heteroatoms. The van der Waals surface area contributed by atoms with Crippen molar-refractivity contribution in [2.24, 2.45) is 0 Å². The molecule has 2 aromatic rings. The Balaban J connectivity index is 1.63. The molecule has 0 atom stereocenters. The molecule has 0 saturated heterocycles. The van der Waals surface area contributed by atoms with Crippen LogP contribution < -0.4 is 10.6 Å². The molecule has 2 aliphatic carbocycles. The Morgan fingerprint density at radius 1 is 1.06 bits per heavy atom. The predicted molar refractivity (Wildman–Crippen MR) is 128 cm³/mol. The van der Waals surface area contributed by atoms with E-state index < -0.39 is 0 Å². The van der Waals surface area contributed by atoms with Crippen LogP contribution in [-0.4, -0.2) is 17.7 Å². The Morgan fingerprint density at radius 2 is 1.78 bits per heavy atom. The quantitative estimate of drug-likeness (QED) is 0.457. The lowest BCUT2D eigenvalue weighted by Gasteiger charge is -2.23. The molecule has 1 fully saturated rings. The van der Waals surface area contributed by atoms with Gasteiger partial charge in [0.05, 0.1) is 5.56 Å². The number of aryl methyl sites for hydroxylation is 2. The van der Waals surface area contributed by atoms with Crippen molar-refractivity contribution in [1.82, 2.24) is 5.32 Å². The summed E-state index contributed by atoms with van der Waals surface area (Å²) in [7, 11) is 0. The molecule has 0 radical (unpaired) electrons. The van der Waals surface area contributed by atoms with Crippen LogP contribution in [0.3, 0.4) is 0 Å². The first-order valence-corrected chi connectivity index (χ1v) is 12.3. The Morgan fingerprint density at radius 3 is 2.50 bits per heavy atom. The van der Waals surface area contributed by atoms with Crippen molar-refractivity contribution < 1.29 is 9.59 Å². The number of nitrogens with zero attached hydrogens (tertiary/aromatic N) is 1. The molecule has 166 valence electrons. The molecular formula is C26H29N3O2S. The number of hydrogen-bond acceptors (Lipinski definition) is 5. The van der Waals surface area contributed by atoms with Gasteiger partial charge in [0.25, 0.3) is 5.91 Å². The molecule has 2 N–H and O–H groups in total. The van der Waals surface area contributed by atoms with Gasteiger partial charge in [0, 0.05) is 22.6 Å². The van der Waals surface area contributed by atoms with Crippen LogP contribution in [0.4, 0.5) is 5.00 Å². The van der Waals surface area contributed by atoms with Crippen molar-refractivity contribution in [3.63, 3.8) is 0 Å². The highest BCUT2D eigenvalue weighted by atomic mass is 32.1. The molecule has 0 unspecified atom stereocenters. The average molecular weight is 448 g/mol. The molecule has 4 rings (SSSR count). The van der Waals surface area contributed by atoms with Gasteiger partial charge in [-0.3, -0.25) is 9.59 Å². The van der Waals surface area contributed by atoms with E-state index in [1.807, 2.05) is 19.1 Å². The zero-order valence-electron chi connectivity index (χ0n) is 18.5. The highest BCUT2D eigenvalue weighted by Gasteiger charge is 2.24. The number of nitrogens with one attached hydrogen (secondary N) is 2. The van der Waals surface area contributed by atoms with Gasteiger partial charge in [0.2, 0.25) is 0 Å². The number of benzene rings is 1. The molecule has 1 aromatic heterocycles. The summed E-state index contributed by atoms with van der Waals surface area (Å²) in [6.07, 6.45) is 10.8. The third-order valence-electron chi connectivity index (χ3n) is 6.33. The van der Waals surface area contributed by atoms with E-state index in [2.05, 4.69) is 16.7 Å². The lowest BCUT2D eigenvalue weighted by Crippen LogP contribution is -2.38. The molecule has 32 heavy (non-hydrogen) atoms. The number of hydrogen-bond donors (Lipinski definition) is 2. The normalized spacial score (nSPS) is 16.7. The van der Waals surface area contributed by atoms with Crippen LogP contribution >= 0.6 is 11.3 Å². The monoisotopic (exact) mass is 447 g/mol. The van der Waals surface area contributed by atoms with Gasteiger partial charge in [-0.1, -0.05) is 49.1 Å². The largest absolute Gasteiger partial charge is 0.348 e. The highest BCUT2D eigenvalue weighted by Crippen LogP contribution is 2.38. The fourth-order valence-corrected chi connectivity index (χ4v) is 5.75. The van der Waals surface area contributed by atoms with Crippen LogP contribution in [0.25, 0.3) is 0 Å². The molecule has 1 heterocycles. The summed E-state index contributed by atoms with van der Waals surface area (Å²) in [5.74, 6) is -0.515. The molecule has 5 nitrogen and oxygen atoms in total. The molecule has 0 bridgehead atoms. The van der Waals surface area contributed by atoms with Gasteiger partial charge in [-0.25, -0.2) is 0 Å². The van der Waals surface area contributed by atoms with E-state index in [0.29, 0.717) is 16.1 Å². The van der Waals surface area contributed by atoms with E-state index in [1.54, 1.807) is 12.1 Å². The van der Waals surface area contributed by atoms with Crippen molar-refractivity contribution in [2.75, 3.05) is 5.32 Å². The minimum absolute atomic E-state index is 0.128. The van der Waals surface area contributed by atoms with Crippen LogP contribution in [0.2, 0.25) is 0 Å². The molecule has 0 spiro atoms. The van der Waals surface area contributed by atoms with E-state index in [0.717, 1.165) is 62.5 Å². The van der Waals surface area contributed by atoms with Gasteiger partial charge in [-0.05, 0) is 51.0 Å². The van der Waals surface area contributed by atoms with E-state index in [-0.39, 0.29) is 23.4 Å². The molecule has 1 saturated carbocycles. The standard InChI is InChI=1S/C26H29N3O2S/c1-17-11-13-18(14-12-17)23(30)15-22(25(31)28-19-7-3-2-4-8-19)29-26-21(16-27)20-9-5-6-10-24(20)32-26/h11-15,19,29H,2-10H2,1H3,(H,28,31). The number of rotatable bonds is 6. The summed E-state index contributed by atoms with van der Waals surface area (Å²) >= 11 is 1.54. The molecule has 0 aliphatic heterocycles. The van der Waals surface area contributed by atoms with E-state index in [9.17, 15) is 14.9 Å². The fourth-order valence-electron chi connectivity index (χ4n) is 4.50. The first-order chi connectivity index (χ1) is 15.5. The average Bonchev–Trinajstić information content (AvgIpc) is 3.16. The third kappa shape index (κ3) is 5.11. The molecule has 1 amide bonds.